The van der Waals surface area contributed by atoms with Gasteiger partial charge >= 0.3 is 0 Å². The molecular formula is C59H37NO. The van der Waals surface area contributed by atoms with E-state index in [4.69, 9.17) is 4.74 Å². The minimum absolute atomic E-state index is 0.586. The first kappa shape index (κ1) is 34.0. The Kier molecular flexibility index (Phi) is 7.26. The van der Waals surface area contributed by atoms with Crippen LogP contribution in [-0.4, -0.2) is 0 Å². The van der Waals surface area contributed by atoms with Gasteiger partial charge in [0.1, 0.15) is 5.75 Å². The van der Waals surface area contributed by atoms with E-state index in [1.165, 1.54) is 66.4 Å². The highest BCUT2D eigenvalue weighted by Gasteiger charge is 2.50. The van der Waals surface area contributed by atoms with E-state index in [0.29, 0.717) is 0 Å². The molecule has 3 aliphatic rings. The summed E-state index contributed by atoms with van der Waals surface area (Å²) in [6.07, 6.45) is 0. The predicted octanol–water partition coefficient (Wildman–Crippen LogP) is 15.8. The molecule has 1 unspecified atom stereocenters. The molecule has 1 aliphatic heterocycles. The highest BCUT2D eigenvalue weighted by Crippen LogP contribution is 2.63. The monoisotopic (exact) mass is 775 g/mol. The highest BCUT2D eigenvalue weighted by molar-refractivity contribution is 6.02. The first-order valence-electron chi connectivity index (χ1n) is 21.1. The number of hydrogen-bond acceptors (Lipinski definition) is 2. The molecule has 61 heavy (non-hydrogen) atoms. The van der Waals surface area contributed by atoms with Gasteiger partial charge in [0.05, 0.1) is 11.1 Å². The van der Waals surface area contributed by atoms with Crippen LogP contribution < -0.4 is 9.64 Å². The number of anilines is 3. The third-order valence-electron chi connectivity index (χ3n) is 13.3. The van der Waals surface area contributed by atoms with Crippen LogP contribution in [0, 0.1) is 0 Å². The molecule has 0 saturated carbocycles. The Hall–Kier alpha value is -7.94. The van der Waals surface area contributed by atoms with E-state index in [0.717, 1.165) is 50.8 Å². The van der Waals surface area contributed by atoms with Crippen LogP contribution in [0.4, 0.5) is 17.1 Å². The Balaban J connectivity index is 1.12. The molecule has 2 aliphatic carbocycles. The molecule has 10 aromatic carbocycles. The number of rotatable bonds is 3. The Bertz CT molecular complexity index is 3420. The fourth-order valence-corrected chi connectivity index (χ4v) is 10.8. The van der Waals surface area contributed by atoms with E-state index in [2.05, 4.69) is 229 Å². The Morgan fingerprint density at radius 2 is 0.787 bits per heavy atom. The average Bonchev–Trinajstić information content (AvgIpc) is 3.44. The molecule has 0 fully saturated rings. The fraction of sp³-hybridized carbons (Fsp3) is 0.0169. The van der Waals surface area contributed by atoms with Crippen molar-refractivity contribution in [3.63, 3.8) is 0 Å². The van der Waals surface area contributed by atoms with E-state index >= 15 is 0 Å². The lowest BCUT2D eigenvalue weighted by molar-refractivity contribution is 0.489. The van der Waals surface area contributed by atoms with Crippen molar-refractivity contribution in [2.24, 2.45) is 0 Å². The molecule has 1 atom stereocenters. The van der Waals surface area contributed by atoms with Gasteiger partial charge in [-0.3, -0.25) is 0 Å². The van der Waals surface area contributed by atoms with Gasteiger partial charge in [0.2, 0.25) is 0 Å². The summed E-state index contributed by atoms with van der Waals surface area (Å²) < 4.78 is 7.12. The van der Waals surface area contributed by atoms with Crippen molar-refractivity contribution < 1.29 is 4.74 Å². The molecule has 13 rings (SSSR count). The van der Waals surface area contributed by atoms with E-state index in [9.17, 15) is 0 Å². The second-order valence-corrected chi connectivity index (χ2v) is 16.3. The Morgan fingerprint density at radius 3 is 1.51 bits per heavy atom. The summed E-state index contributed by atoms with van der Waals surface area (Å²) in [5.74, 6) is 1.67. The maximum absolute atomic E-state index is 7.12. The van der Waals surface area contributed by atoms with Gasteiger partial charge in [-0.2, -0.15) is 0 Å². The first-order valence-corrected chi connectivity index (χ1v) is 21.1. The zero-order valence-electron chi connectivity index (χ0n) is 33.2. The number of ether oxygens (including phenoxy) is 1. The molecule has 1 spiro atoms. The van der Waals surface area contributed by atoms with Gasteiger partial charge in [0.25, 0.3) is 0 Å². The van der Waals surface area contributed by atoms with Crippen LogP contribution in [0.2, 0.25) is 0 Å². The summed E-state index contributed by atoms with van der Waals surface area (Å²) >= 11 is 0. The van der Waals surface area contributed by atoms with Crippen molar-refractivity contribution in [1.29, 1.82) is 0 Å². The number of nitrogens with zero attached hydrogens (tertiary/aromatic N) is 1. The summed E-state index contributed by atoms with van der Waals surface area (Å²) in [7, 11) is 0. The molecule has 0 radical (unpaired) electrons. The van der Waals surface area contributed by atoms with Gasteiger partial charge in [-0.15, -0.1) is 0 Å². The van der Waals surface area contributed by atoms with Crippen LogP contribution in [0.15, 0.2) is 224 Å². The standard InChI is InChI=1S/C59H37NO/c1-2-19-40(20-3-1)60(56-31-16-28-49-44-23-8-7-22-43(44)48-27-12-15-32-57(48)61-58(49)56)41-33-34-54-51(37-41)45-24-9-6-21-42(45)46-25-10-13-29-52(46)59(54)53-30-14-11-26-47(53)50-35-38-17-4-5-18-39(38)36-55(50)59/h1-37H. The van der Waals surface area contributed by atoms with Crippen LogP contribution in [0.5, 0.6) is 11.5 Å². The van der Waals surface area contributed by atoms with Crippen molar-refractivity contribution in [1.82, 2.24) is 0 Å². The third kappa shape index (κ3) is 4.79. The second kappa shape index (κ2) is 13.0. The first-order chi connectivity index (χ1) is 30.3. The predicted molar refractivity (Wildman–Crippen MR) is 251 cm³/mol. The van der Waals surface area contributed by atoms with E-state index in [-0.39, 0.29) is 0 Å². The summed E-state index contributed by atoms with van der Waals surface area (Å²) in [5.41, 5.74) is 19.6. The number of fused-ring (bicyclic) bond motifs is 18. The molecule has 0 N–H and O–H groups in total. The van der Waals surface area contributed by atoms with Crippen LogP contribution in [-0.2, 0) is 5.41 Å². The largest absolute Gasteiger partial charge is 0.454 e. The van der Waals surface area contributed by atoms with Crippen LogP contribution in [0.3, 0.4) is 0 Å². The highest BCUT2D eigenvalue weighted by atomic mass is 16.5. The van der Waals surface area contributed by atoms with E-state index < -0.39 is 5.41 Å². The third-order valence-corrected chi connectivity index (χ3v) is 13.3. The van der Waals surface area contributed by atoms with Gasteiger partial charge in [-0.05, 0) is 126 Å². The topological polar surface area (TPSA) is 12.5 Å². The Morgan fingerprint density at radius 1 is 0.295 bits per heavy atom. The maximum atomic E-state index is 7.12. The lowest BCUT2D eigenvalue weighted by atomic mass is 9.65. The summed E-state index contributed by atoms with van der Waals surface area (Å²) in [4.78, 5) is 2.38. The minimum atomic E-state index is -0.586. The molecular weight excluding hydrogens is 739 g/mol. The lowest BCUT2D eigenvalue weighted by Crippen LogP contribution is -2.29. The van der Waals surface area contributed by atoms with Gasteiger partial charge in [0.15, 0.2) is 5.75 Å². The molecule has 0 saturated heterocycles. The van der Waals surface area contributed by atoms with Crippen molar-refractivity contribution >= 4 is 27.8 Å². The zero-order chi connectivity index (χ0) is 40.1. The molecule has 2 heteroatoms. The van der Waals surface area contributed by atoms with Crippen LogP contribution in [0.25, 0.3) is 66.4 Å². The molecule has 0 bridgehead atoms. The lowest BCUT2D eigenvalue weighted by Gasteiger charge is -2.36. The van der Waals surface area contributed by atoms with Gasteiger partial charge in [-0.25, -0.2) is 0 Å². The summed E-state index contributed by atoms with van der Waals surface area (Å²) in [5, 5.41) is 2.50. The smallest absolute Gasteiger partial charge is 0.159 e. The average molecular weight is 776 g/mol. The van der Waals surface area contributed by atoms with Crippen LogP contribution in [0.1, 0.15) is 22.3 Å². The quantitative estimate of drug-likeness (QED) is 0.177. The van der Waals surface area contributed by atoms with Crippen molar-refractivity contribution in [3.8, 4) is 67.1 Å². The van der Waals surface area contributed by atoms with Gasteiger partial charge < -0.3 is 9.64 Å². The molecule has 10 aromatic rings. The van der Waals surface area contributed by atoms with E-state index in [1.54, 1.807) is 0 Å². The molecule has 0 amide bonds. The number of benzene rings is 10. The summed E-state index contributed by atoms with van der Waals surface area (Å²) in [6, 6.07) is 82.4. The molecule has 1 heterocycles. The summed E-state index contributed by atoms with van der Waals surface area (Å²) in [6.45, 7) is 0. The van der Waals surface area contributed by atoms with Crippen molar-refractivity contribution in [2.45, 2.75) is 5.41 Å². The van der Waals surface area contributed by atoms with Gasteiger partial charge in [-0.1, -0.05) is 176 Å². The van der Waals surface area contributed by atoms with Gasteiger partial charge in [0, 0.05) is 22.5 Å². The minimum Gasteiger partial charge on any atom is -0.454 e. The molecule has 0 aromatic heterocycles. The van der Waals surface area contributed by atoms with Crippen molar-refractivity contribution in [2.75, 3.05) is 4.90 Å². The second-order valence-electron chi connectivity index (χ2n) is 16.3. The zero-order valence-corrected chi connectivity index (χ0v) is 33.2. The van der Waals surface area contributed by atoms with Crippen molar-refractivity contribution in [3.05, 3.63) is 247 Å². The molecule has 284 valence electrons. The van der Waals surface area contributed by atoms with E-state index in [1.807, 2.05) is 0 Å². The number of para-hydroxylation sites is 3. The Labute approximate surface area is 355 Å². The maximum Gasteiger partial charge on any atom is 0.159 e. The number of hydrogen-bond donors (Lipinski definition) is 0. The molecule has 2 nitrogen and oxygen atoms in total. The normalized spacial score (nSPS) is 14.8. The fourth-order valence-electron chi connectivity index (χ4n) is 10.8. The SMILES string of the molecule is c1ccc(N(c2ccc3c(c2)-c2ccccc2-c2ccccc2C32c3ccccc3-c3cc4ccccc4cc32)c2cccc3c2Oc2ccccc2-c2ccccc2-3)cc1. The van der Waals surface area contributed by atoms with Crippen LogP contribution >= 0.6 is 0 Å².